The van der Waals surface area contributed by atoms with Gasteiger partial charge in [-0.05, 0) is 32.4 Å². The van der Waals surface area contributed by atoms with E-state index in [4.69, 9.17) is 5.11 Å². The lowest BCUT2D eigenvalue weighted by molar-refractivity contribution is -0.146. The van der Waals surface area contributed by atoms with Gasteiger partial charge in [-0.2, -0.15) is 0 Å². The molecule has 2 rings (SSSR count). The van der Waals surface area contributed by atoms with E-state index in [-0.39, 0.29) is 11.8 Å². The molecule has 0 aromatic carbocycles. The maximum absolute atomic E-state index is 12.9. The molecule has 21 heavy (non-hydrogen) atoms. The van der Waals surface area contributed by atoms with E-state index in [9.17, 15) is 9.59 Å². The highest BCUT2D eigenvalue weighted by atomic mass is 16.4. The molecule has 2 N–H and O–H groups in total. The molecule has 120 valence electrons. The van der Waals surface area contributed by atoms with Crippen molar-refractivity contribution in [2.75, 3.05) is 45.8 Å². The Kier molecular flexibility index (Phi) is 5.58. The number of piperidine rings is 1. The summed E-state index contributed by atoms with van der Waals surface area (Å²) in [6.45, 7) is 7.60. The smallest absolute Gasteiger partial charge is 0.304 e. The number of hydrogen-bond donors (Lipinski definition) is 2. The van der Waals surface area contributed by atoms with Crippen LogP contribution in [0.15, 0.2) is 0 Å². The number of amides is 1. The molecule has 6 nitrogen and oxygen atoms in total. The number of piperazine rings is 1. The van der Waals surface area contributed by atoms with Gasteiger partial charge in [0.2, 0.25) is 5.91 Å². The van der Waals surface area contributed by atoms with E-state index >= 15 is 0 Å². The number of carboxylic acid groups (broad SMARTS) is 1. The van der Waals surface area contributed by atoms with Gasteiger partial charge in [0, 0.05) is 32.7 Å². The van der Waals surface area contributed by atoms with E-state index in [2.05, 4.69) is 17.1 Å². The highest BCUT2D eigenvalue weighted by molar-refractivity contribution is 5.83. The molecule has 2 aliphatic rings. The molecule has 0 saturated carbocycles. The standard InChI is InChI=1S/C15H27N3O3/c1-2-15(4-6-16-7-5-15)14(21)18-11-9-17(10-12-18)8-3-13(19)20/h16H,2-12H2,1H3,(H,19,20). The molecule has 0 unspecified atom stereocenters. The van der Waals surface area contributed by atoms with Crippen molar-refractivity contribution in [3.05, 3.63) is 0 Å². The molecule has 0 aromatic rings. The van der Waals surface area contributed by atoms with Crippen molar-refractivity contribution in [3.8, 4) is 0 Å². The van der Waals surface area contributed by atoms with Gasteiger partial charge < -0.3 is 15.3 Å². The Balaban J connectivity index is 1.86. The van der Waals surface area contributed by atoms with Crippen LogP contribution in [-0.2, 0) is 9.59 Å². The minimum absolute atomic E-state index is 0.172. The Hall–Kier alpha value is -1.14. The zero-order chi connectivity index (χ0) is 15.3. The van der Waals surface area contributed by atoms with Crippen molar-refractivity contribution in [2.24, 2.45) is 5.41 Å². The van der Waals surface area contributed by atoms with Crippen molar-refractivity contribution in [1.82, 2.24) is 15.1 Å². The van der Waals surface area contributed by atoms with Crippen molar-refractivity contribution in [2.45, 2.75) is 32.6 Å². The number of carbonyl (C=O) groups is 2. The third kappa shape index (κ3) is 3.95. The van der Waals surface area contributed by atoms with E-state index < -0.39 is 5.97 Å². The summed E-state index contributed by atoms with van der Waals surface area (Å²) in [5, 5.41) is 12.1. The van der Waals surface area contributed by atoms with Crippen LogP contribution in [0.5, 0.6) is 0 Å². The van der Waals surface area contributed by atoms with Crippen LogP contribution in [0.2, 0.25) is 0 Å². The fourth-order valence-electron chi connectivity index (χ4n) is 3.39. The highest BCUT2D eigenvalue weighted by Gasteiger charge is 2.41. The van der Waals surface area contributed by atoms with E-state index in [1.165, 1.54) is 0 Å². The second kappa shape index (κ2) is 7.22. The van der Waals surface area contributed by atoms with E-state index in [1.54, 1.807) is 0 Å². The number of nitrogens with zero attached hydrogens (tertiary/aromatic N) is 2. The number of carboxylic acids is 1. The number of hydrogen-bond acceptors (Lipinski definition) is 4. The summed E-state index contributed by atoms with van der Waals surface area (Å²) < 4.78 is 0. The summed E-state index contributed by atoms with van der Waals surface area (Å²) in [6, 6.07) is 0. The molecule has 0 radical (unpaired) electrons. The van der Waals surface area contributed by atoms with Crippen molar-refractivity contribution in [1.29, 1.82) is 0 Å². The lowest BCUT2D eigenvalue weighted by atomic mass is 9.75. The van der Waals surface area contributed by atoms with Gasteiger partial charge >= 0.3 is 5.97 Å². The molecular formula is C15H27N3O3. The lowest BCUT2D eigenvalue weighted by Crippen LogP contribution is -2.55. The van der Waals surface area contributed by atoms with Gasteiger partial charge in [0.05, 0.1) is 11.8 Å². The molecule has 1 amide bonds. The van der Waals surface area contributed by atoms with E-state index in [0.29, 0.717) is 12.5 Å². The largest absolute Gasteiger partial charge is 0.481 e. The summed E-state index contributed by atoms with van der Waals surface area (Å²) >= 11 is 0. The van der Waals surface area contributed by atoms with Gasteiger partial charge in [0.15, 0.2) is 0 Å². The lowest BCUT2D eigenvalue weighted by Gasteiger charge is -2.42. The Labute approximate surface area is 126 Å². The zero-order valence-electron chi connectivity index (χ0n) is 12.9. The third-order valence-corrected chi connectivity index (χ3v) is 4.99. The second-order valence-corrected chi connectivity index (χ2v) is 6.16. The minimum Gasteiger partial charge on any atom is -0.481 e. The Morgan fingerprint density at radius 1 is 1.14 bits per heavy atom. The first-order valence-electron chi connectivity index (χ1n) is 8.02. The van der Waals surface area contributed by atoms with Crippen LogP contribution in [0.25, 0.3) is 0 Å². The Morgan fingerprint density at radius 3 is 2.29 bits per heavy atom. The predicted molar refractivity (Wildman–Crippen MR) is 80.1 cm³/mol. The monoisotopic (exact) mass is 297 g/mol. The van der Waals surface area contributed by atoms with Crippen LogP contribution in [0.1, 0.15) is 32.6 Å². The van der Waals surface area contributed by atoms with Crippen LogP contribution in [0, 0.1) is 5.41 Å². The molecule has 0 atom stereocenters. The van der Waals surface area contributed by atoms with Gasteiger partial charge in [-0.3, -0.25) is 14.5 Å². The maximum atomic E-state index is 12.9. The molecule has 6 heteroatoms. The SMILES string of the molecule is CCC1(C(=O)N2CCN(CCC(=O)O)CC2)CCNCC1. The summed E-state index contributed by atoms with van der Waals surface area (Å²) in [6.07, 6.45) is 2.95. The van der Waals surface area contributed by atoms with E-state index in [0.717, 1.165) is 58.5 Å². The Morgan fingerprint density at radius 2 is 1.76 bits per heavy atom. The van der Waals surface area contributed by atoms with Crippen LogP contribution < -0.4 is 5.32 Å². The predicted octanol–water partition coefficient (Wildman–Crippen LogP) is 0.385. The fraction of sp³-hybridized carbons (Fsp3) is 0.867. The van der Waals surface area contributed by atoms with Crippen LogP contribution in [-0.4, -0.2) is 72.6 Å². The zero-order valence-corrected chi connectivity index (χ0v) is 12.9. The molecule has 2 heterocycles. The van der Waals surface area contributed by atoms with Gasteiger partial charge in [0.1, 0.15) is 0 Å². The first-order valence-corrected chi connectivity index (χ1v) is 8.02. The van der Waals surface area contributed by atoms with Crippen molar-refractivity contribution in [3.63, 3.8) is 0 Å². The molecule has 0 aliphatic carbocycles. The van der Waals surface area contributed by atoms with Crippen LogP contribution in [0.3, 0.4) is 0 Å². The Bertz CT molecular complexity index is 372. The van der Waals surface area contributed by atoms with Gasteiger partial charge in [-0.15, -0.1) is 0 Å². The molecule has 0 aromatic heterocycles. The summed E-state index contributed by atoms with van der Waals surface area (Å²) in [5.74, 6) is -0.447. The molecular weight excluding hydrogens is 270 g/mol. The topological polar surface area (TPSA) is 72.9 Å². The molecule has 0 bridgehead atoms. The van der Waals surface area contributed by atoms with E-state index in [1.807, 2.05) is 4.90 Å². The summed E-state index contributed by atoms with van der Waals surface area (Å²) in [4.78, 5) is 27.6. The maximum Gasteiger partial charge on any atom is 0.304 e. The minimum atomic E-state index is -0.756. The van der Waals surface area contributed by atoms with Gasteiger partial charge in [-0.25, -0.2) is 0 Å². The number of carbonyl (C=O) groups excluding carboxylic acids is 1. The average Bonchev–Trinajstić information content (AvgIpc) is 2.53. The van der Waals surface area contributed by atoms with Crippen LogP contribution in [0.4, 0.5) is 0 Å². The number of rotatable bonds is 5. The third-order valence-electron chi connectivity index (χ3n) is 4.99. The quantitative estimate of drug-likeness (QED) is 0.768. The van der Waals surface area contributed by atoms with Crippen molar-refractivity contribution < 1.29 is 14.7 Å². The van der Waals surface area contributed by atoms with Gasteiger partial charge in [0.25, 0.3) is 0 Å². The second-order valence-electron chi connectivity index (χ2n) is 6.16. The fourth-order valence-corrected chi connectivity index (χ4v) is 3.39. The first kappa shape index (κ1) is 16.2. The molecule has 2 fully saturated rings. The van der Waals surface area contributed by atoms with Gasteiger partial charge in [-0.1, -0.05) is 6.92 Å². The molecule has 2 aliphatic heterocycles. The van der Waals surface area contributed by atoms with Crippen LogP contribution >= 0.6 is 0 Å². The number of nitrogens with one attached hydrogen (secondary N) is 1. The molecule has 2 saturated heterocycles. The molecule has 0 spiro atoms. The highest BCUT2D eigenvalue weighted by Crippen LogP contribution is 2.34. The van der Waals surface area contributed by atoms with Crippen molar-refractivity contribution >= 4 is 11.9 Å². The number of aliphatic carboxylic acids is 1. The average molecular weight is 297 g/mol. The summed E-state index contributed by atoms with van der Waals surface area (Å²) in [7, 11) is 0. The normalized spacial score (nSPS) is 23.0. The summed E-state index contributed by atoms with van der Waals surface area (Å²) in [5.41, 5.74) is -0.172. The first-order chi connectivity index (χ1) is 10.1.